The molecule has 1 aromatic carbocycles. The van der Waals surface area contributed by atoms with Gasteiger partial charge in [-0.1, -0.05) is 28.9 Å². The van der Waals surface area contributed by atoms with Crippen LogP contribution in [0, 0.1) is 12.8 Å². The molecule has 1 unspecified atom stereocenters. The van der Waals surface area contributed by atoms with Gasteiger partial charge >= 0.3 is 0 Å². The Morgan fingerprint density at radius 3 is 2.67 bits per heavy atom. The highest BCUT2D eigenvalue weighted by Crippen LogP contribution is 2.25. The molecule has 1 saturated heterocycles. The van der Waals surface area contributed by atoms with E-state index in [1.165, 1.54) is 0 Å². The SMILES string of the molecule is Cc1cc(NC(=O)C2CCN(C(=O)C(C)Oc3ccccc3Cl)CC2)no1. The average Bonchev–Trinajstić information content (AvgIpc) is 3.07. The lowest BCUT2D eigenvalue weighted by Crippen LogP contribution is -2.46. The number of hydrogen-bond donors (Lipinski definition) is 1. The summed E-state index contributed by atoms with van der Waals surface area (Å²) < 4.78 is 10.6. The number of amides is 2. The summed E-state index contributed by atoms with van der Waals surface area (Å²) in [7, 11) is 0. The van der Waals surface area contributed by atoms with E-state index in [1.807, 2.05) is 0 Å². The summed E-state index contributed by atoms with van der Waals surface area (Å²) >= 11 is 6.07. The number of hydrogen-bond acceptors (Lipinski definition) is 5. The van der Waals surface area contributed by atoms with Crippen molar-refractivity contribution in [1.29, 1.82) is 0 Å². The van der Waals surface area contributed by atoms with Gasteiger partial charge in [0.15, 0.2) is 11.9 Å². The number of aromatic nitrogens is 1. The molecule has 1 atom stereocenters. The maximum Gasteiger partial charge on any atom is 0.263 e. The molecular weight excluding hydrogens is 370 g/mol. The molecule has 27 heavy (non-hydrogen) atoms. The van der Waals surface area contributed by atoms with Crippen LogP contribution in [0.5, 0.6) is 5.75 Å². The van der Waals surface area contributed by atoms with Crippen molar-refractivity contribution in [2.75, 3.05) is 18.4 Å². The minimum atomic E-state index is -0.645. The Kier molecular flexibility index (Phi) is 6.01. The zero-order valence-corrected chi connectivity index (χ0v) is 16.0. The van der Waals surface area contributed by atoms with E-state index in [0.29, 0.717) is 48.3 Å². The number of ether oxygens (including phenoxy) is 1. The molecule has 3 rings (SSSR count). The standard InChI is InChI=1S/C19H22ClN3O4/c1-12-11-17(22-27-12)21-18(24)14-7-9-23(10-8-14)19(25)13(2)26-16-6-4-3-5-15(16)20/h3-6,11,13-14H,7-10H2,1-2H3,(H,21,22,24). The van der Waals surface area contributed by atoms with E-state index in [0.717, 1.165) is 0 Å². The van der Waals surface area contributed by atoms with Crippen molar-refractivity contribution in [3.05, 3.63) is 41.1 Å². The Bertz CT molecular complexity index is 815. The molecule has 1 aliphatic rings. The summed E-state index contributed by atoms with van der Waals surface area (Å²) in [4.78, 5) is 26.7. The van der Waals surface area contributed by atoms with Crippen LogP contribution in [-0.2, 0) is 9.59 Å². The van der Waals surface area contributed by atoms with Gasteiger partial charge in [0.25, 0.3) is 5.91 Å². The average molecular weight is 392 g/mol. The van der Waals surface area contributed by atoms with Gasteiger partial charge < -0.3 is 19.5 Å². The second-order valence-electron chi connectivity index (χ2n) is 6.60. The summed E-state index contributed by atoms with van der Waals surface area (Å²) in [6.45, 7) is 4.48. The van der Waals surface area contributed by atoms with Crippen molar-refractivity contribution in [2.24, 2.45) is 5.92 Å². The first-order valence-corrected chi connectivity index (χ1v) is 9.26. The molecule has 2 aromatic rings. The maximum atomic E-state index is 12.6. The molecule has 1 N–H and O–H groups in total. The highest BCUT2D eigenvalue weighted by molar-refractivity contribution is 6.32. The lowest BCUT2D eigenvalue weighted by molar-refractivity contribution is -0.140. The van der Waals surface area contributed by atoms with Crippen molar-refractivity contribution in [3.63, 3.8) is 0 Å². The minimum Gasteiger partial charge on any atom is -0.479 e. The zero-order valence-electron chi connectivity index (χ0n) is 15.3. The quantitative estimate of drug-likeness (QED) is 0.845. The molecule has 1 fully saturated rings. The van der Waals surface area contributed by atoms with Gasteiger partial charge in [-0.3, -0.25) is 9.59 Å². The first-order valence-electron chi connectivity index (χ1n) is 8.88. The Labute approximate surface area is 162 Å². The summed E-state index contributed by atoms with van der Waals surface area (Å²) in [6.07, 6.45) is 0.536. The number of nitrogens with one attached hydrogen (secondary N) is 1. The normalized spacial score (nSPS) is 16.0. The zero-order chi connectivity index (χ0) is 19.4. The Morgan fingerprint density at radius 1 is 1.33 bits per heavy atom. The van der Waals surface area contributed by atoms with Crippen molar-refractivity contribution < 1.29 is 18.8 Å². The molecule has 0 bridgehead atoms. The third kappa shape index (κ3) is 4.80. The number of carbonyl (C=O) groups is 2. The maximum absolute atomic E-state index is 12.6. The fraction of sp³-hybridized carbons (Fsp3) is 0.421. The molecule has 0 radical (unpaired) electrons. The predicted molar refractivity (Wildman–Crippen MR) is 101 cm³/mol. The Morgan fingerprint density at radius 2 is 2.04 bits per heavy atom. The topological polar surface area (TPSA) is 84.7 Å². The van der Waals surface area contributed by atoms with E-state index in [-0.39, 0.29) is 17.7 Å². The number of piperidine rings is 1. The third-order valence-electron chi connectivity index (χ3n) is 4.54. The van der Waals surface area contributed by atoms with Crippen LogP contribution in [0.15, 0.2) is 34.9 Å². The minimum absolute atomic E-state index is 0.101. The van der Waals surface area contributed by atoms with Crippen LogP contribution < -0.4 is 10.1 Å². The number of carbonyl (C=O) groups excluding carboxylic acids is 2. The van der Waals surface area contributed by atoms with Gasteiger partial charge in [-0.05, 0) is 38.8 Å². The van der Waals surface area contributed by atoms with Crippen LogP contribution in [0.25, 0.3) is 0 Å². The second-order valence-corrected chi connectivity index (χ2v) is 7.01. The molecule has 0 spiro atoms. The monoisotopic (exact) mass is 391 g/mol. The third-order valence-corrected chi connectivity index (χ3v) is 4.86. The molecule has 8 heteroatoms. The lowest BCUT2D eigenvalue weighted by Gasteiger charge is -2.32. The smallest absolute Gasteiger partial charge is 0.263 e. The molecule has 0 saturated carbocycles. The molecule has 1 aromatic heterocycles. The van der Waals surface area contributed by atoms with Gasteiger partial charge in [0.1, 0.15) is 11.5 Å². The highest BCUT2D eigenvalue weighted by Gasteiger charge is 2.30. The molecule has 2 heterocycles. The van der Waals surface area contributed by atoms with Gasteiger partial charge in [0.2, 0.25) is 5.91 Å². The number of halogens is 1. The van der Waals surface area contributed by atoms with Crippen LogP contribution >= 0.6 is 11.6 Å². The first-order chi connectivity index (χ1) is 12.9. The van der Waals surface area contributed by atoms with Crippen LogP contribution in [0.1, 0.15) is 25.5 Å². The summed E-state index contributed by atoms with van der Waals surface area (Å²) in [6, 6.07) is 8.73. The predicted octanol–water partition coefficient (Wildman–Crippen LogP) is 3.28. The Balaban J connectivity index is 1.50. The molecular formula is C19H22ClN3O4. The molecule has 2 amide bonds. The molecule has 144 valence electrons. The second kappa shape index (κ2) is 8.43. The van der Waals surface area contributed by atoms with E-state index in [2.05, 4.69) is 10.5 Å². The number of para-hydroxylation sites is 1. The highest BCUT2D eigenvalue weighted by atomic mass is 35.5. The van der Waals surface area contributed by atoms with Gasteiger partial charge in [-0.25, -0.2) is 0 Å². The number of rotatable bonds is 5. The van der Waals surface area contributed by atoms with Crippen molar-refractivity contribution >= 4 is 29.2 Å². The van der Waals surface area contributed by atoms with Gasteiger partial charge in [0.05, 0.1) is 5.02 Å². The van der Waals surface area contributed by atoms with E-state index >= 15 is 0 Å². The van der Waals surface area contributed by atoms with Crippen LogP contribution in [-0.4, -0.2) is 41.1 Å². The van der Waals surface area contributed by atoms with E-state index in [4.69, 9.17) is 20.9 Å². The van der Waals surface area contributed by atoms with E-state index in [9.17, 15) is 9.59 Å². The lowest BCUT2D eigenvalue weighted by atomic mass is 9.95. The van der Waals surface area contributed by atoms with Crippen molar-refractivity contribution in [2.45, 2.75) is 32.8 Å². The largest absolute Gasteiger partial charge is 0.479 e. The van der Waals surface area contributed by atoms with Crippen LogP contribution in [0.4, 0.5) is 5.82 Å². The Hall–Kier alpha value is -2.54. The molecule has 1 aliphatic heterocycles. The number of aryl methyl sites for hydroxylation is 1. The van der Waals surface area contributed by atoms with Gasteiger partial charge in [-0.15, -0.1) is 0 Å². The fourth-order valence-electron chi connectivity index (χ4n) is 3.05. The van der Waals surface area contributed by atoms with Crippen LogP contribution in [0.2, 0.25) is 5.02 Å². The number of likely N-dealkylation sites (tertiary alicyclic amines) is 1. The number of anilines is 1. The van der Waals surface area contributed by atoms with E-state index in [1.54, 1.807) is 49.1 Å². The van der Waals surface area contributed by atoms with Crippen molar-refractivity contribution in [3.8, 4) is 5.75 Å². The van der Waals surface area contributed by atoms with Gasteiger partial charge in [0, 0.05) is 25.1 Å². The van der Waals surface area contributed by atoms with Crippen LogP contribution in [0.3, 0.4) is 0 Å². The summed E-state index contributed by atoms with van der Waals surface area (Å²) in [5.41, 5.74) is 0. The molecule has 7 nitrogen and oxygen atoms in total. The van der Waals surface area contributed by atoms with Crippen molar-refractivity contribution in [1.82, 2.24) is 10.1 Å². The number of nitrogens with zero attached hydrogens (tertiary/aromatic N) is 2. The summed E-state index contributed by atoms with van der Waals surface area (Å²) in [5, 5.41) is 6.98. The van der Waals surface area contributed by atoms with Gasteiger partial charge in [-0.2, -0.15) is 0 Å². The molecule has 0 aliphatic carbocycles. The first kappa shape index (κ1) is 19.2. The summed E-state index contributed by atoms with van der Waals surface area (Å²) in [5.74, 6) is 1.16. The fourth-order valence-corrected chi connectivity index (χ4v) is 3.23. The number of benzene rings is 1. The van der Waals surface area contributed by atoms with E-state index < -0.39 is 6.10 Å².